The van der Waals surface area contributed by atoms with Crippen LogP contribution in [0.3, 0.4) is 0 Å². The van der Waals surface area contributed by atoms with Crippen molar-refractivity contribution in [3.05, 3.63) is 28.7 Å². The van der Waals surface area contributed by atoms with E-state index in [1.807, 2.05) is 0 Å². The van der Waals surface area contributed by atoms with E-state index < -0.39 is 23.7 Å². The quantitative estimate of drug-likeness (QED) is 0.621. The average Bonchev–Trinajstić information content (AvgIpc) is 2.79. The Morgan fingerprint density at radius 2 is 2.04 bits per heavy atom. The maximum atomic E-state index is 12.3. The molecule has 0 radical (unpaired) electrons. The van der Waals surface area contributed by atoms with Crippen molar-refractivity contribution in [2.45, 2.75) is 13.8 Å². The Hall–Kier alpha value is -2.48. The number of rotatable bonds is 6. The van der Waals surface area contributed by atoms with Gasteiger partial charge in [0.2, 0.25) is 0 Å². The summed E-state index contributed by atoms with van der Waals surface area (Å²) in [5.74, 6) is -1.07. The fourth-order valence-electron chi connectivity index (χ4n) is 2.04. The molecule has 1 aromatic rings. The van der Waals surface area contributed by atoms with E-state index in [9.17, 15) is 19.5 Å². The van der Waals surface area contributed by atoms with E-state index >= 15 is 0 Å². The van der Waals surface area contributed by atoms with Crippen molar-refractivity contribution in [2.75, 3.05) is 19.8 Å². The Morgan fingerprint density at radius 1 is 1.29 bits per heavy atom. The largest absolute Gasteiger partial charge is 0.504 e. The minimum atomic E-state index is -0.651. The predicted molar refractivity (Wildman–Crippen MR) is 88.6 cm³/mol. The van der Waals surface area contributed by atoms with Crippen LogP contribution in [0.2, 0.25) is 0 Å². The minimum Gasteiger partial charge on any atom is -0.504 e. The lowest BCUT2D eigenvalue weighted by molar-refractivity contribution is -0.145. The van der Waals surface area contributed by atoms with Crippen LogP contribution in [0, 0.1) is 0 Å². The standard InChI is InChI=1S/C16H17NO6S/c1-3-22-11-7-5-6-10(14(11)19)8-12-15(20)17(16(21)24-12)9-13(18)23-4-2/h5-8,19H,3-4,9H2,1-2H3. The molecule has 0 saturated carbocycles. The number of nitrogens with zero attached hydrogens (tertiary/aromatic N) is 1. The van der Waals surface area contributed by atoms with Gasteiger partial charge in [-0.1, -0.05) is 12.1 Å². The molecule has 0 unspecified atom stereocenters. The SMILES string of the molecule is CCOC(=O)CN1C(=O)SC(=Cc2cccc(OCC)c2O)C1=O. The molecule has 1 heterocycles. The van der Waals surface area contributed by atoms with Crippen molar-refractivity contribution in [2.24, 2.45) is 0 Å². The van der Waals surface area contributed by atoms with E-state index in [-0.39, 0.29) is 23.0 Å². The number of carbonyl (C=O) groups is 3. The Balaban J connectivity index is 2.23. The number of imide groups is 1. The summed E-state index contributed by atoms with van der Waals surface area (Å²) >= 11 is 0.703. The highest BCUT2D eigenvalue weighted by molar-refractivity contribution is 8.18. The molecule has 0 aromatic heterocycles. The van der Waals surface area contributed by atoms with Gasteiger partial charge < -0.3 is 14.6 Å². The third-order valence-electron chi connectivity index (χ3n) is 3.08. The molecule has 24 heavy (non-hydrogen) atoms. The van der Waals surface area contributed by atoms with E-state index in [1.54, 1.807) is 32.0 Å². The van der Waals surface area contributed by atoms with Gasteiger partial charge in [0.25, 0.3) is 11.1 Å². The second-order valence-corrected chi connectivity index (χ2v) is 5.69. The predicted octanol–water partition coefficient (Wildman–Crippen LogP) is 2.39. The van der Waals surface area contributed by atoms with Crippen molar-refractivity contribution in [3.63, 3.8) is 0 Å². The number of amides is 2. The first kappa shape index (κ1) is 17.9. The number of carbonyl (C=O) groups excluding carboxylic acids is 3. The Bertz CT molecular complexity index is 700. The van der Waals surface area contributed by atoms with E-state index in [0.29, 0.717) is 23.9 Å². The van der Waals surface area contributed by atoms with Crippen LogP contribution in [0.15, 0.2) is 23.1 Å². The molecule has 2 rings (SSSR count). The molecule has 1 fully saturated rings. The number of para-hydroxylation sites is 1. The first-order valence-electron chi connectivity index (χ1n) is 7.33. The van der Waals surface area contributed by atoms with Crippen molar-refractivity contribution in [1.82, 2.24) is 4.90 Å². The first-order valence-corrected chi connectivity index (χ1v) is 8.15. The lowest BCUT2D eigenvalue weighted by atomic mass is 10.1. The molecule has 1 aliphatic rings. The summed E-state index contributed by atoms with van der Waals surface area (Å²) in [5, 5.41) is 9.60. The average molecular weight is 351 g/mol. The highest BCUT2D eigenvalue weighted by Gasteiger charge is 2.36. The molecule has 0 atom stereocenters. The number of thioether (sulfide) groups is 1. The lowest BCUT2D eigenvalue weighted by Gasteiger charge is -2.11. The summed E-state index contributed by atoms with van der Waals surface area (Å²) in [7, 11) is 0. The van der Waals surface area contributed by atoms with Crippen LogP contribution in [-0.4, -0.2) is 46.9 Å². The molecule has 1 N–H and O–H groups in total. The van der Waals surface area contributed by atoms with Crippen LogP contribution in [0.5, 0.6) is 11.5 Å². The molecule has 1 saturated heterocycles. The molecule has 1 aliphatic heterocycles. The molecule has 128 valence electrons. The fourth-order valence-corrected chi connectivity index (χ4v) is 2.87. The third kappa shape index (κ3) is 3.88. The Kier molecular flexibility index (Phi) is 5.86. The minimum absolute atomic E-state index is 0.114. The molecular formula is C16H17NO6S. The van der Waals surface area contributed by atoms with Gasteiger partial charge in [-0.15, -0.1) is 0 Å². The van der Waals surface area contributed by atoms with Crippen molar-refractivity contribution >= 4 is 35.0 Å². The van der Waals surface area contributed by atoms with Gasteiger partial charge in [-0.05, 0) is 37.8 Å². The molecule has 2 amide bonds. The van der Waals surface area contributed by atoms with Gasteiger partial charge in [-0.25, -0.2) is 0 Å². The third-order valence-corrected chi connectivity index (χ3v) is 3.99. The van der Waals surface area contributed by atoms with Gasteiger partial charge >= 0.3 is 5.97 Å². The highest BCUT2D eigenvalue weighted by Crippen LogP contribution is 2.36. The number of ether oxygens (including phenoxy) is 2. The number of esters is 1. The number of hydrogen-bond donors (Lipinski definition) is 1. The van der Waals surface area contributed by atoms with Gasteiger partial charge in [-0.2, -0.15) is 0 Å². The molecule has 8 heteroatoms. The van der Waals surface area contributed by atoms with Gasteiger partial charge in [-0.3, -0.25) is 19.3 Å². The van der Waals surface area contributed by atoms with Crippen molar-refractivity contribution in [3.8, 4) is 11.5 Å². The monoisotopic (exact) mass is 351 g/mol. The van der Waals surface area contributed by atoms with Crippen molar-refractivity contribution < 1.29 is 29.0 Å². The highest BCUT2D eigenvalue weighted by atomic mass is 32.2. The van der Waals surface area contributed by atoms with Crippen molar-refractivity contribution in [1.29, 1.82) is 0 Å². The van der Waals surface area contributed by atoms with Crippen LogP contribution >= 0.6 is 11.8 Å². The zero-order chi connectivity index (χ0) is 17.7. The van der Waals surface area contributed by atoms with Crippen LogP contribution in [0.25, 0.3) is 6.08 Å². The molecule has 7 nitrogen and oxygen atoms in total. The fraction of sp³-hybridized carbons (Fsp3) is 0.312. The van der Waals surface area contributed by atoms with Gasteiger partial charge in [0, 0.05) is 5.56 Å². The van der Waals surface area contributed by atoms with Gasteiger partial charge in [0.15, 0.2) is 11.5 Å². The molecule has 0 aliphatic carbocycles. The van der Waals surface area contributed by atoms with E-state index in [0.717, 1.165) is 4.90 Å². The summed E-state index contributed by atoms with van der Waals surface area (Å²) in [6.45, 7) is 3.55. The zero-order valence-corrected chi connectivity index (χ0v) is 14.1. The smallest absolute Gasteiger partial charge is 0.326 e. The summed E-state index contributed by atoms with van der Waals surface area (Å²) in [4.78, 5) is 36.6. The van der Waals surface area contributed by atoms with Crippen LogP contribution in [0.4, 0.5) is 4.79 Å². The Labute approximate surface area is 143 Å². The molecule has 0 spiro atoms. The number of phenols is 1. The Morgan fingerprint density at radius 3 is 2.71 bits per heavy atom. The summed E-state index contributed by atoms with van der Waals surface area (Å²) in [6.07, 6.45) is 1.40. The maximum Gasteiger partial charge on any atom is 0.326 e. The number of aromatic hydroxyl groups is 1. The number of phenolic OH excluding ortho intramolecular Hbond substituents is 1. The lowest BCUT2D eigenvalue weighted by Crippen LogP contribution is -2.34. The topological polar surface area (TPSA) is 93.1 Å². The van der Waals surface area contributed by atoms with E-state index in [4.69, 9.17) is 9.47 Å². The second-order valence-electron chi connectivity index (χ2n) is 4.70. The molecular weight excluding hydrogens is 334 g/mol. The summed E-state index contributed by atoms with van der Waals surface area (Å²) in [6, 6.07) is 4.86. The second kappa shape index (κ2) is 7.87. The zero-order valence-electron chi connectivity index (χ0n) is 13.3. The van der Waals surface area contributed by atoms with E-state index in [1.165, 1.54) is 6.08 Å². The summed E-state index contributed by atoms with van der Waals surface area (Å²) < 4.78 is 10.0. The summed E-state index contributed by atoms with van der Waals surface area (Å²) in [5.41, 5.74) is 0.350. The first-order chi connectivity index (χ1) is 11.5. The van der Waals surface area contributed by atoms with Gasteiger partial charge in [0.1, 0.15) is 6.54 Å². The van der Waals surface area contributed by atoms with Gasteiger partial charge in [0.05, 0.1) is 18.1 Å². The molecule has 1 aromatic carbocycles. The number of hydrogen-bond acceptors (Lipinski definition) is 7. The number of benzene rings is 1. The van der Waals surface area contributed by atoms with Crippen LogP contribution in [0.1, 0.15) is 19.4 Å². The molecule has 0 bridgehead atoms. The normalized spacial score (nSPS) is 15.9. The van der Waals surface area contributed by atoms with Crippen LogP contribution in [-0.2, 0) is 14.3 Å². The van der Waals surface area contributed by atoms with Crippen LogP contribution < -0.4 is 4.74 Å². The maximum absolute atomic E-state index is 12.3. The van der Waals surface area contributed by atoms with E-state index in [2.05, 4.69) is 0 Å².